The van der Waals surface area contributed by atoms with Crippen molar-refractivity contribution in [1.82, 2.24) is 4.72 Å². The Bertz CT molecular complexity index is 1010. The number of carbonyl (C=O) groups is 2. The number of sulfonamides is 1. The molecule has 0 fully saturated rings. The van der Waals surface area contributed by atoms with Crippen molar-refractivity contribution in [2.45, 2.75) is 38.6 Å². The summed E-state index contributed by atoms with van der Waals surface area (Å²) in [5.41, 5.74) is 0.398. The number of methoxy groups -OCH3 is 1. The molecule has 0 unspecified atom stereocenters. The van der Waals surface area contributed by atoms with E-state index in [2.05, 4.69) is 15.4 Å². The van der Waals surface area contributed by atoms with E-state index >= 15 is 0 Å². The maximum Gasteiger partial charge on any atom is 0.242 e. The van der Waals surface area contributed by atoms with Gasteiger partial charge in [-0.15, -0.1) is 0 Å². The second-order valence-corrected chi connectivity index (χ2v) is 9.51. The number of carbonyl (C=O) groups excluding carboxylic acids is 2. The van der Waals surface area contributed by atoms with E-state index in [0.29, 0.717) is 17.1 Å². The highest BCUT2D eigenvalue weighted by Crippen LogP contribution is 2.20. The van der Waals surface area contributed by atoms with Gasteiger partial charge in [-0.25, -0.2) is 8.42 Å². The summed E-state index contributed by atoms with van der Waals surface area (Å²) in [5, 5.41) is 5.43. The summed E-state index contributed by atoms with van der Waals surface area (Å²) in [6.07, 6.45) is 0. The van der Waals surface area contributed by atoms with Crippen LogP contribution in [0.3, 0.4) is 0 Å². The first-order valence-electron chi connectivity index (χ1n) is 9.31. The molecule has 3 N–H and O–H groups in total. The van der Waals surface area contributed by atoms with Gasteiger partial charge in [-0.1, -0.05) is 26.8 Å². The largest absolute Gasteiger partial charge is 0.497 e. The Hall–Kier alpha value is -2.91. The topological polar surface area (TPSA) is 114 Å². The van der Waals surface area contributed by atoms with Crippen LogP contribution < -0.4 is 20.1 Å². The minimum Gasteiger partial charge on any atom is -0.497 e. The molecule has 0 spiro atoms. The van der Waals surface area contributed by atoms with Crippen LogP contribution in [0.2, 0.25) is 0 Å². The molecule has 2 aromatic carbocycles. The van der Waals surface area contributed by atoms with Gasteiger partial charge in [0.15, 0.2) is 0 Å². The van der Waals surface area contributed by atoms with E-state index < -0.39 is 27.4 Å². The molecule has 0 aliphatic carbocycles. The van der Waals surface area contributed by atoms with Gasteiger partial charge in [0.25, 0.3) is 0 Å². The molecule has 9 heteroatoms. The minimum atomic E-state index is -3.89. The monoisotopic (exact) mass is 433 g/mol. The average molecular weight is 434 g/mol. The van der Waals surface area contributed by atoms with Gasteiger partial charge in [-0.2, -0.15) is 4.72 Å². The van der Waals surface area contributed by atoms with Crippen LogP contribution >= 0.6 is 0 Å². The first-order chi connectivity index (χ1) is 13.9. The van der Waals surface area contributed by atoms with E-state index in [1.54, 1.807) is 45.0 Å². The highest BCUT2D eigenvalue weighted by atomic mass is 32.2. The molecule has 8 nitrogen and oxygen atoms in total. The van der Waals surface area contributed by atoms with Gasteiger partial charge >= 0.3 is 0 Å². The molecule has 0 saturated carbocycles. The Morgan fingerprint density at radius 3 is 2.07 bits per heavy atom. The van der Waals surface area contributed by atoms with Crippen LogP contribution in [0.1, 0.15) is 27.7 Å². The van der Waals surface area contributed by atoms with Crippen LogP contribution in [0.15, 0.2) is 53.4 Å². The summed E-state index contributed by atoms with van der Waals surface area (Å²) >= 11 is 0. The number of rotatable bonds is 7. The van der Waals surface area contributed by atoms with Gasteiger partial charge < -0.3 is 15.4 Å². The third-order valence-corrected chi connectivity index (χ3v) is 5.72. The lowest BCUT2D eigenvalue weighted by Crippen LogP contribution is -2.41. The predicted octanol–water partition coefficient (Wildman–Crippen LogP) is 2.99. The second kappa shape index (κ2) is 9.27. The average Bonchev–Trinajstić information content (AvgIpc) is 2.67. The number of anilines is 2. The SMILES string of the molecule is COc1ccc(S(=O)(=O)N[C@@H](C)C(=O)Nc2cccc(NC(=O)C(C)(C)C)c2)cc1. The number of hydrogen-bond acceptors (Lipinski definition) is 5. The van der Waals surface area contributed by atoms with Crippen molar-refractivity contribution in [1.29, 1.82) is 0 Å². The summed E-state index contributed by atoms with van der Waals surface area (Å²) in [5.74, 6) is -0.170. The fourth-order valence-corrected chi connectivity index (χ4v) is 3.56. The fraction of sp³-hybridized carbons (Fsp3) is 0.333. The van der Waals surface area contributed by atoms with Crippen molar-refractivity contribution in [3.8, 4) is 5.75 Å². The molecule has 0 bridgehead atoms. The zero-order valence-corrected chi connectivity index (χ0v) is 18.5. The van der Waals surface area contributed by atoms with Gasteiger partial charge in [-0.05, 0) is 49.4 Å². The Morgan fingerprint density at radius 2 is 1.53 bits per heavy atom. The van der Waals surface area contributed by atoms with E-state index in [1.807, 2.05) is 0 Å². The van der Waals surface area contributed by atoms with Crippen LogP contribution in [-0.4, -0.2) is 33.4 Å². The summed E-state index contributed by atoms with van der Waals surface area (Å²) in [7, 11) is -2.40. The molecule has 0 radical (unpaired) electrons. The van der Waals surface area contributed by atoms with Gasteiger partial charge in [-0.3, -0.25) is 9.59 Å². The van der Waals surface area contributed by atoms with Crippen LogP contribution in [-0.2, 0) is 19.6 Å². The lowest BCUT2D eigenvalue weighted by molar-refractivity contribution is -0.123. The molecule has 0 aromatic heterocycles. The first kappa shape index (κ1) is 23.4. The Balaban J connectivity index is 2.04. The van der Waals surface area contributed by atoms with Gasteiger partial charge in [0.1, 0.15) is 5.75 Å². The van der Waals surface area contributed by atoms with E-state index in [1.165, 1.54) is 38.3 Å². The summed E-state index contributed by atoms with van der Waals surface area (Å²) in [6.45, 7) is 6.83. The number of amides is 2. The van der Waals surface area contributed by atoms with Gasteiger partial charge in [0, 0.05) is 16.8 Å². The summed E-state index contributed by atoms with van der Waals surface area (Å²) < 4.78 is 32.3. The van der Waals surface area contributed by atoms with Crippen molar-refractivity contribution in [2.75, 3.05) is 17.7 Å². The van der Waals surface area contributed by atoms with E-state index in [-0.39, 0.29) is 10.8 Å². The molecule has 1 atom stereocenters. The van der Waals surface area contributed by atoms with Crippen LogP contribution in [0.25, 0.3) is 0 Å². The van der Waals surface area contributed by atoms with Crippen LogP contribution in [0.5, 0.6) is 5.75 Å². The molecule has 2 rings (SSSR count). The van der Waals surface area contributed by atoms with Gasteiger partial charge in [0.2, 0.25) is 21.8 Å². The molecular weight excluding hydrogens is 406 g/mol. The molecule has 2 aromatic rings. The van der Waals surface area contributed by atoms with E-state index in [9.17, 15) is 18.0 Å². The zero-order valence-electron chi connectivity index (χ0n) is 17.6. The Labute approximate surface area is 177 Å². The predicted molar refractivity (Wildman–Crippen MR) is 116 cm³/mol. The Kier molecular flexibility index (Phi) is 7.22. The standard InChI is InChI=1S/C21H27N3O5S/c1-14(24-30(27,28)18-11-9-17(29-5)10-12-18)19(25)22-15-7-6-8-16(13-15)23-20(26)21(2,3)4/h6-14,24H,1-5H3,(H,22,25)(H,23,26)/t14-/m0/s1. The van der Waals surface area contributed by atoms with Crippen molar-refractivity contribution < 1.29 is 22.7 Å². The molecule has 0 aliphatic rings. The number of benzene rings is 2. The first-order valence-corrected chi connectivity index (χ1v) is 10.8. The quantitative estimate of drug-likeness (QED) is 0.621. The summed E-state index contributed by atoms with van der Waals surface area (Å²) in [4.78, 5) is 24.6. The minimum absolute atomic E-state index is 0.0230. The lowest BCUT2D eigenvalue weighted by Gasteiger charge is -2.18. The number of nitrogens with one attached hydrogen (secondary N) is 3. The number of ether oxygens (including phenoxy) is 1. The molecule has 0 saturated heterocycles. The Morgan fingerprint density at radius 1 is 0.967 bits per heavy atom. The number of hydrogen-bond donors (Lipinski definition) is 3. The van der Waals surface area contributed by atoms with Crippen molar-refractivity contribution in [3.05, 3.63) is 48.5 Å². The summed E-state index contributed by atoms with van der Waals surface area (Å²) in [6, 6.07) is 11.5. The third-order valence-electron chi connectivity index (χ3n) is 4.16. The highest BCUT2D eigenvalue weighted by molar-refractivity contribution is 7.89. The maximum absolute atomic E-state index is 12.5. The molecule has 2 amide bonds. The second-order valence-electron chi connectivity index (χ2n) is 7.79. The van der Waals surface area contributed by atoms with Gasteiger partial charge in [0.05, 0.1) is 18.0 Å². The van der Waals surface area contributed by atoms with Crippen molar-refractivity contribution in [2.24, 2.45) is 5.41 Å². The van der Waals surface area contributed by atoms with Crippen molar-refractivity contribution in [3.63, 3.8) is 0 Å². The third kappa shape index (κ3) is 6.30. The van der Waals surface area contributed by atoms with Crippen molar-refractivity contribution >= 4 is 33.2 Å². The lowest BCUT2D eigenvalue weighted by atomic mass is 9.95. The maximum atomic E-state index is 12.5. The highest BCUT2D eigenvalue weighted by Gasteiger charge is 2.23. The smallest absolute Gasteiger partial charge is 0.242 e. The fourth-order valence-electron chi connectivity index (χ4n) is 2.35. The van der Waals surface area contributed by atoms with Crippen LogP contribution in [0, 0.1) is 5.41 Å². The normalized spacial score (nSPS) is 12.7. The zero-order chi connectivity index (χ0) is 22.5. The molecule has 0 heterocycles. The molecule has 30 heavy (non-hydrogen) atoms. The molecular formula is C21H27N3O5S. The molecule has 0 aliphatic heterocycles. The van der Waals surface area contributed by atoms with Crippen LogP contribution in [0.4, 0.5) is 11.4 Å². The van der Waals surface area contributed by atoms with E-state index in [4.69, 9.17) is 4.74 Å². The van der Waals surface area contributed by atoms with E-state index in [0.717, 1.165) is 0 Å². The molecule has 162 valence electrons.